The zero-order valence-electron chi connectivity index (χ0n) is 12.7. The summed E-state index contributed by atoms with van der Waals surface area (Å²) in [7, 11) is 1.74. The Labute approximate surface area is 128 Å². The summed E-state index contributed by atoms with van der Waals surface area (Å²) in [6.07, 6.45) is 0.980. The first-order valence-corrected chi connectivity index (χ1v) is 7.12. The van der Waals surface area contributed by atoms with Crippen LogP contribution in [0.25, 0.3) is 0 Å². The number of hydrogen-bond donors (Lipinski definition) is 3. The number of urea groups is 1. The highest BCUT2D eigenvalue weighted by atomic mass is 35.5. The van der Waals surface area contributed by atoms with E-state index in [1.807, 2.05) is 6.92 Å². The van der Waals surface area contributed by atoms with Crippen molar-refractivity contribution in [3.63, 3.8) is 0 Å². The minimum atomic E-state index is -1.30. The number of amides is 2. The number of carboxylic acid groups (broad SMARTS) is 1. The maximum Gasteiger partial charge on any atom is 0.329 e. The van der Waals surface area contributed by atoms with Gasteiger partial charge in [-0.1, -0.05) is 25.4 Å². The van der Waals surface area contributed by atoms with Gasteiger partial charge in [0, 0.05) is 7.05 Å². The van der Waals surface area contributed by atoms with Crippen molar-refractivity contribution in [1.82, 2.24) is 20.4 Å². The Morgan fingerprint density at radius 1 is 1.43 bits per heavy atom. The van der Waals surface area contributed by atoms with Crippen LogP contribution in [0.5, 0.6) is 0 Å². The second-order valence-electron chi connectivity index (χ2n) is 4.98. The summed E-state index contributed by atoms with van der Waals surface area (Å²) < 4.78 is 1.61. The molecule has 0 aliphatic carbocycles. The molecule has 7 nitrogen and oxygen atoms in total. The van der Waals surface area contributed by atoms with Gasteiger partial charge in [0.25, 0.3) is 0 Å². The average molecular weight is 317 g/mol. The van der Waals surface area contributed by atoms with Crippen LogP contribution in [0.15, 0.2) is 0 Å². The van der Waals surface area contributed by atoms with Gasteiger partial charge in [-0.25, -0.2) is 9.59 Å². The third-order valence-corrected chi connectivity index (χ3v) is 3.92. The molecule has 1 aromatic heterocycles. The first kappa shape index (κ1) is 17.3. The van der Waals surface area contributed by atoms with Gasteiger partial charge >= 0.3 is 12.0 Å². The maximum atomic E-state index is 11.8. The summed E-state index contributed by atoms with van der Waals surface area (Å²) >= 11 is 6.17. The molecule has 0 aliphatic heterocycles. The predicted molar refractivity (Wildman–Crippen MR) is 79.3 cm³/mol. The second-order valence-corrected chi connectivity index (χ2v) is 5.36. The Hall–Kier alpha value is -1.76. The van der Waals surface area contributed by atoms with Crippen molar-refractivity contribution in [2.45, 2.75) is 45.7 Å². The fourth-order valence-electron chi connectivity index (χ4n) is 1.76. The lowest BCUT2D eigenvalue weighted by Crippen LogP contribution is -2.54. The van der Waals surface area contributed by atoms with E-state index < -0.39 is 17.5 Å². The minimum absolute atomic E-state index is 0.174. The van der Waals surface area contributed by atoms with Gasteiger partial charge in [0.05, 0.1) is 23.0 Å². The fraction of sp³-hybridized carbons (Fsp3) is 0.615. The molecule has 0 radical (unpaired) electrons. The van der Waals surface area contributed by atoms with Crippen molar-refractivity contribution < 1.29 is 14.7 Å². The number of rotatable bonds is 6. The van der Waals surface area contributed by atoms with Gasteiger partial charge in [-0.2, -0.15) is 5.10 Å². The van der Waals surface area contributed by atoms with E-state index in [9.17, 15) is 9.59 Å². The molecule has 1 atom stereocenters. The molecular formula is C13H21ClN4O3. The van der Waals surface area contributed by atoms with Crippen molar-refractivity contribution >= 4 is 23.6 Å². The van der Waals surface area contributed by atoms with Gasteiger partial charge in [0.1, 0.15) is 5.54 Å². The molecule has 1 rings (SSSR count). The van der Waals surface area contributed by atoms with Gasteiger partial charge in [-0.15, -0.1) is 0 Å². The van der Waals surface area contributed by atoms with Crippen LogP contribution in [0.1, 0.15) is 38.6 Å². The summed E-state index contributed by atoms with van der Waals surface area (Å²) in [6, 6.07) is -0.558. The Bertz CT molecular complexity index is 544. The Morgan fingerprint density at radius 3 is 2.48 bits per heavy atom. The molecule has 3 N–H and O–H groups in total. The lowest BCUT2D eigenvalue weighted by atomic mass is 10.00. The topological polar surface area (TPSA) is 96.3 Å². The summed E-state index contributed by atoms with van der Waals surface area (Å²) in [6.45, 7) is 5.27. The van der Waals surface area contributed by atoms with Crippen LogP contribution >= 0.6 is 11.6 Å². The number of aliphatic carboxylic acids is 1. The quantitative estimate of drug-likeness (QED) is 0.744. The largest absolute Gasteiger partial charge is 0.480 e. The molecule has 1 heterocycles. The van der Waals surface area contributed by atoms with Crippen LogP contribution in [0, 0.1) is 0 Å². The van der Waals surface area contributed by atoms with Crippen molar-refractivity contribution in [3.8, 4) is 0 Å². The lowest BCUT2D eigenvalue weighted by molar-refractivity contribution is -0.143. The van der Waals surface area contributed by atoms with Crippen LogP contribution in [-0.2, 0) is 24.8 Å². The van der Waals surface area contributed by atoms with E-state index in [2.05, 4.69) is 15.7 Å². The molecule has 1 unspecified atom stereocenters. The molecule has 0 saturated heterocycles. The molecule has 0 fully saturated rings. The SMILES string of the molecule is CCc1nn(C)c(CNC(=O)NC(C)(CC)C(=O)O)c1Cl. The summed E-state index contributed by atoms with van der Waals surface area (Å²) in [5.74, 6) is -1.08. The Kier molecular flexibility index (Phi) is 5.60. The Morgan fingerprint density at radius 2 is 2.05 bits per heavy atom. The monoisotopic (exact) mass is 316 g/mol. The number of aryl methyl sites for hydroxylation is 2. The van der Waals surface area contributed by atoms with Gasteiger partial charge in [0.2, 0.25) is 0 Å². The van der Waals surface area contributed by atoms with E-state index in [4.69, 9.17) is 16.7 Å². The maximum absolute atomic E-state index is 11.8. The van der Waals surface area contributed by atoms with Crippen LogP contribution in [0.2, 0.25) is 5.02 Å². The third kappa shape index (κ3) is 3.87. The van der Waals surface area contributed by atoms with Crippen LogP contribution in [0.3, 0.4) is 0 Å². The highest BCUT2D eigenvalue weighted by Gasteiger charge is 2.32. The van der Waals surface area contributed by atoms with Crippen LogP contribution in [0.4, 0.5) is 4.79 Å². The zero-order valence-corrected chi connectivity index (χ0v) is 13.4. The number of carbonyl (C=O) groups is 2. The molecule has 21 heavy (non-hydrogen) atoms. The fourth-order valence-corrected chi connectivity index (χ4v) is 2.12. The molecule has 8 heteroatoms. The molecule has 0 bridgehead atoms. The van der Waals surface area contributed by atoms with Gasteiger partial charge < -0.3 is 15.7 Å². The van der Waals surface area contributed by atoms with Crippen molar-refractivity contribution in [2.24, 2.45) is 7.05 Å². The molecule has 1 aromatic rings. The predicted octanol–water partition coefficient (Wildman–Crippen LogP) is 1.69. The normalized spacial score (nSPS) is 13.6. The highest BCUT2D eigenvalue weighted by Crippen LogP contribution is 2.20. The number of nitrogens with zero attached hydrogens (tertiary/aromatic N) is 2. The van der Waals surface area contributed by atoms with Crippen LogP contribution in [-0.4, -0.2) is 32.4 Å². The molecule has 118 valence electrons. The number of nitrogens with one attached hydrogen (secondary N) is 2. The first-order valence-electron chi connectivity index (χ1n) is 6.74. The van der Waals surface area contributed by atoms with Gasteiger partial charge in [0.15, 0.2) is 0 Å². The van der Waals surface area contributed by atoms with Crippen LogP contribution < -0.4 is 10.6 Å². The summed E-state index contributed by atoms with van der Waals surface area (Å²) in [4.78, 5) is 23.0. The smallest absolute Gasteiger partial charge is 0.329 e. The number of halogens is 1. The van der Waals surface area contributed by atoms with E-state index in [1.54, 1.807) is 18.7 Å². The molecule has 0 aromatic carbocycles. The summed E-state index contributed by atoms with van der Waals surface area (Å²) in [5.41, 5.74) is 0.145. The minimum Gasteiger partial charge on any atom is -0.480 e. The number of aromatic nitrogens is 2. The van der Waals surface area contributed by atoms with Crippen molar-refractivity contribution in [2.75, 3.05) is 0 Å². The first-order chi connectivity index (χ1) is 9.75. The van der Waals surface area contributed by atoms with E-state index in [0.717, 1.165) is 5.69 Å². The zero-order chi connectivity index (χ0) is 16.2. The Balaban J connectivity index is 2.70. The average Bonchev–Trinajstić information content (AvgIpc) is 2.70. The molecule has 2 amide bonds. The number of carbonyl (C=O) groups excluding carboxylic acids is 1. The lowest BCUT2D eigenvalue weighted by Gasteiger charge is -2.24. The molecule has 0 saturated carbocycles. The van der Waals surface area contributed by atoms with E-state index in [1.165, 1.54) is 6.92 Å². The van der Waals surface area contributed by atoms with Gasteiger partial charge in [-0.05, 0) is 19.8 Å². The molecular weight excluding hydrogens is 296 g/mol. The second kappa shape index (κ2) is 6.80. The number of hydrogen-bond acceptors (Lipinski definition) is 3. The van der Waals surface area contributed by atoms with Gasteiger partial charge in [-0.3, -0.25) is 4.68 Å². The summed E-state index contributed by atoms with van der Waals surface area (Å²) in [5, 5.41) is 18.9. The van der Waals surface area contributed by atoms with E-state index in [-0.39, 0.29) is 13.0 Å². The standard InChI is InChI=1S/C13H21ClN4O3/c1-5-8-10(14)9(18(4)17-8)7-15-12(21)16-13(3,6-2)11(19)20/h5-7H2,1-4H3,(H,19,20)(H2,15,16,21). The highest BCUT2D eigenvalue weighted by molar-refractivity contribution is 6.31. The van der Waals surface area contributed by atoms with E-state index >= 15 is 0 Å². The molecule has 0 aliphatic rings. The third-order valence-electron chi connectivity index (χ3n) is 3.49. The van der Waals surface area contributed by atoms with Crippen molar-refractivity contribution in [1.29, 1.82) is 0 Å². The number of carboxylic acids is 1. The van der Waals surface area contributed by atoms with E-state index in [0.29, 0.717) is 17.1 Å². The molecule has 0 spiro atoms. The van der Waals surface area contributed by atoms with Crippen molar-refractivity contribution in [3.05, 3.63) is 16.4 Å².